The first-order valence-electron chi connectivity index (χ1n) is 12.3. The summed E-state index contributed by atoms with van der Waals surface area (Å²) in [5.74, 6) is -0.880. The number of sulfone groups is 1. The van der Waals surface area contributed by atoms with Gasteiger partial charge in [0.1, 0.15) is 11.6 Å². The summed E-state index contributed by atoms with van der Waals surface area (Å²) in [7, 11) is -3.92. The Balaban J connectivity index is 1.73. The van der Waals surface area contributed by atoms with E-state index in [1.54, 1.807) is 18.2 Å². The Labute approximate surface area is 242 Å². The summed E-state index contributed by atoms with van der Waals surface area (Å²) in [5.41, 5.74) is 0.938. The number of imidazole rings is 1. The van der Waals surface area contributed by atoms with Gasteiger partial charge in [0, 0.05) is 29.5 Å². The van der Waals surface area contributed by atoms with Crippen molar-refractivity contribution in [3.05, 3.63) is 106 Å². The second-order valence-electron chi connectivity index (χ2n) is 9.55. The zero-order valence-corrected chi connectivity index (χ0v) is 23.6. The molecule has 0 aliphatic rings. The SMILES string of the molecule is Cc1nc(C(F)(F)F)cn1-c1ccc(-c2cc(F)c(CO)c(S(C)(=O)=O)c2)cc1-n1nncc1Cc1cccc(Cl)c1. The predicted molar refractivity (Wildman–Crippen MR) is 147 cm³/mol. The molecule has 5 rings (SSSR count). The fourth-order valence-electron chi connectivity index (χ4n) is 4.63. The number of aromatic nitrogens is 5. The average Bonchev–Trinajstić information content (AvgIpc) is 3.53. The molecule has 3 aromatic carbocycles. The zero-order chi connectivity index (χ0) is 30.4. The van der Waals surface area contributed by atoms with Gasteiger partial charge in [0.15, 0.2) is 15.5 Å². The van der Waals surface area contributed by atoms with Gasteiger partial charge in [-0.25, -0.2) is 22.5 Å². The van der Waals surface area contributed by atoms with Crippen LogP contribution in [0.3, 0.4) is 0 Å². The molecule has 0 aliphatic heterocycles. The second kappa shape index (κ2) is 11.0. The molecule has 0 saturated carbocycles. The number of aryl methyl sites for hydroxylation is 1. The van der Waals surface area contributed by atoms with Crippen molar-refractivity contribution in [2.24, 2.45) is 0 Å². The Hall–Kier alpha value is -4.07. The maximum atomic E-state index is 15.0. The minimum Gasteiger partial charge on any atom is -0.392 e. The van der Waals surface area contributed by atoms with Crippen molar-refractivity contribution in [1.29, 1.82) is 0 Å². The van der Waals surface area contributed by atoms with E-state index in [0.29, 0.717) is 22.7 Å². The van der Waals surface area contributed by atoms with Crippen molar-refractivity contribution in [2.45, 2.75) is 31.0 Å². The Morgan fingerprint density at radius 1 is 1.02 bits per heavy atom. The van der Waals surface area contributed by atoms with Crippen LogP contribution in [0.4, 0.5) is 17.6 Å². The number of halogens is 5. The van der Waals surface area contributed by atoms with E-state index in [2.05, 4.69) is 15.3 Å². The maximum Gasteiger partial charge on any atom is 0.434 e. The van der Waals surface area contributed by atoms with Gasteiger partial charge < -0.3 is 9.67 Å². The van der Waals surface area contributed by atoms with Crippen LogP contribution in [0.15, 0.2) is 71.9 Å². The minimum absolute atomic E-state index is 0.0468. The molecule has 0 amide bonds. The van der Waals surface area contributed by atoms with Gasteiger partial charge in [0.2, 0.25) is 0 Å². The summed E-state index contributed by atoms with van der Waals surface area (Å²) >= 11 is 6.14. The van der Waals surface area contributed by atoms with Crippen molar-refractivity contribution in [3.63, 3.8) is 0 Å². The van der Waals surface area contributed by atoms with Crippen molar-refractivity contribution in [2.75, 3.05) is 6.26 Å². The first-order chi connectivity index (χ1) is 19.8. The van der Waals surface area contributed by atoms with Gasteiger partial charge in [-0.05, 0) is 60.0 Å². The smallest absolute Gasteiger partial charge is 0.392 e. The van der Waals surface area contributed by atoms with Crippen molar-refractivity contribution >= 4 is 21.4 Å². The number of rotatable bonds is 7. The molecule has 0 unspecified atom stereocenters. The van der Waals surface area contributed by atoms with Gasteiger partial charge >= 0.3 is 6.18 Å². The quantitative estimate of drug-likeness (QED) is 0.234. The molecule has 0 radical (unpaired) electrons. The second-order valence-corrected chi connectivity index (χ2v) is 12.0. The summed E-state index contributed by atoms with van der Waals surface area (Å²) in [6.45, 7) is 0.592. The average molecular weight is 620 g/mol. The summed E-state index contributed by atoms with van der Waals surface area (Å²) in [6, 6.07) is 14.0. The maximum absolute atomic E-state index is 15.0. The van der Waals surface area contributed by atoms with E-state index < -0.39 is 34.1 Å². The Kier molecular flexibility index (Phi) is 7.68. The van der Waals surface area contributed by atoms with Crippen LogP contribution in [0.1, 0.15) is 28.3 Å². The normalized spacial score (nSPS) is 12.2. The largest absolute Gasteiger partial charge is 0.434 e. The van der Waals surface area contributed by atoms with E-state index in [4.69, 9.17) is 11.6 Å². The number of benzene rings is 3. The highest BCUT2D eigenvalue weighted by atomic mass is 35.5. The lowest BCUT2D eigenvalue weighted by Crippen LogP contribution is -2.09. The monoisotopic (exact) mass is 619 g/mol. The summed E-state index contributed by atoms with van der Waals surface area (Å²) < 4.78 is 83.0. The number of nitrogens with zero attached hydrogens (tertiary/aromatic N) is 5. The van der Waals surface area contributed by atoms with E-state index in [1.807, 2.05) is 6.07 Å². The molecule has 0 atom stereocenters. The number of aliphatic hydroxyl groups excluding tert-OH is 1. The molecule has 0 fully saturated rings. The number of aliphatic hydroxyl groups is 1. The molecule has 42 heavy (non-hydrogen) atoms. The van der Waals surface area contributed by atoms with Gasteiger partial charge in [-0.1, -0.05) is 35.0 Å². The van der Waals surface area contributed by atoms with Crippen LogP contribution in [0.2, 0.25) is 5.02 Å². The van der Waals surface area contributed by atoms with Crippen LogP contribution in [0.25, 0.3) is 22.5 Å². The summed E-state index contributed by atoms with van der Waals surface area (Å²) in [6.07, 6.45) is -1.12. The van der Waals surface area contributed by atoms with Crippen LogP contribution < -0.4 is 0 Å². The van der Waals surface area contributed by atoms with Crippen LogP contribution in [0, 0.1) is 12.7 Å². The van der Waals surface area contributed by atoms with E-state index in [0.717, 1.165) is 24.1 Å². The predicted octanol–water partition coefficient (Wildman–Crippen LogP) is 5.73. The first-order valence-corrected chi connectivity index (χ1v) is 14.6. The number of hydrogen-bond donors (Lipinski definition) is 1. The Bertz CT molecular complexity index is 1920. The molecule has 8 nitrogen and oxygen atoms in total. The van der Waals surface area contributed by atoms with Gasteiger partial charge in [-0.15, -0.1) is 5.10 Å². The number of alkyl halides is 3. The first kappa shape index (κ1) is 29.4. The molecule has 14 heteroatoms. The van der Waals surface area contributed by atoms with Crippen molar-refractivity contribution < 1.29 is 31.1 Å². The molecular formula is C28H22ClF4N5O3S. The lowest BCUT2D eigenvalue weighted by Gasteiger charge is -2.17. The lowest BCUT2D eigenvalue weighted by molar-refractivity contribution is -0.141. The van der Waals surface area contributed by atoms with Crippen molar-refractivity contribution in [1.82, 2.24) is 24.5 Å². The molecule has 2 aromatic heterocycles. The van der Waals surface area contributed by atoms with Crippen LogP contribution in [-0.4, -0.2) is 44.3 Å². The fourth-order valence-corrected chi connectivity index (χ4v) is 5.79. The highest BCUT2D eigenvalue weighted by Crippen LogP contribution is 2.34. The highest BCUT2D eigenvalue weighted by Gasteiger charge is 2.35. The molecule has 0 saturated heterocycles. The third kappa shape index (κ3) is 5.80. The molecule has 5 aromatic rings. The van der Waals surface area contributed by atoms with Crippen LogP contribution in [-0.2, 0) is 29.0 Å². The summed E-state index contributed by atoms with van der Waals surface area (Å²) in [5, 5.41) is 18.3. The Morgan fingerprint density at radius 3 is 2.43 bits per heavy atom. The van der Waals surface area contributed by atoms with E-state index >= 15 is 0 Å². The molecule has 0 spiro atoms. The molecular weight excluding hydrogens is 598 g/mol. The molecule has 0 bridgehead atoms. The van der Waals surface area contributed by atoms with Crippen molar-refractivity contribution in [3.8, 4) is 22.5 Å². The minimum atomic E-state index is -4.69. The Morgan fingerprint density at radius 2 is 1.79 bits per heavy atom. The number of hydrogen-bond acceptors (Lipinski definition) is 6. The molecule has 0 aliphatic carbocycles. The van der Waals surface area contributed by atoms with E-state index in [1.165, 1.54) is 46.6 Å². The van der Waals surface area contributed by atoms with Crippen LogP contribution in [0.5, 0.6) is 0 Å². The van der Waals surface area contributed by atoms with Gasteiger partial charge in [0.05, 0.1) is 34.8 Å². The standard InChI is InChI=1S/C28H22ClF4N5O3S/c1-16-35-27(28(31,32)33)14-37(16)24-7-6-18(19-10-23(30)22(15-39)26(12-19)42(2,40)41)11-25(24)38-21(13-34-36-38)9-17-4-3-5-20(29)8-17/h3-8,10-14,39H,9,15H2,1-2H3. The molecule has 1 N–H and O–H groups in total. The van der Waals surface area contributed by atoms with Gasteiger partial charge in [0.25, 0.3) is 0 Å². The summed E-state index contributed by atoms with van der Waals surface area (Å²) in [4.78, 5) is 3.29. The third-order valence-corrected chi connectivity index (χ3v) is 7.97. The van der Waals surface area contributed by atoms with Crippen LogP contribution >= 0.6 is 11.6 Å². The fraction of sp³-hybridized carbons (Fsp3) is 0.179. The zero-order valence-electron chi connectivity index (χ0n) is 22.1. The molecule has 218 valence electrons. The highest BCUT2D eigenvalue weighted by molar-refractivity contribution is 7.90. The molecule has 2 heterocycles. The third-order valence-electron chi connectivity index (χ3n) is 6.58. The van der Waals surface area contributed by atoms with Gasteiger partial charge in [-0.2, -0.15) is 13.2 Å². The topological polar surface area (TPSA) is 103 Å². The van der Waals surface area contributed by atoms with E-state index in [9.17, 15) is 31.1 Å². The van der Waals surface area contributed by atoms with Gasteiger partial charge in [-0.3, -0.25) is 0 Å². The lowest BCUT2D eigenvalue weighted by atomic mass is 10.0. The van der Waals surface area contributed by atoms with E-state index in [-0.39, 0.29) is 33.2 Å².